The van der Waals surface area contributed by atoms with Crippen LogP contribution in [0, 0.1) is 5.41 Å². The minimum atomic E-state index is 0.381. The number of hydrogen-bond acceptors (Lipinski definition) is 4. The molecular weight excluding hydrogens is 178 g/mol. The van der Waals surface area contributed by atoms with Gasteiger partial charge in [0.25, 0.3) is 0 Å². The molecule has 14 heavy (non-hydrogen) atoms. The highest BCUT2D eigenvalue weighted by atomic mass is 16.5. The van der Waals surface area contributed by atoms with Gasteiger partial charge in [-0.3, -0.25) is 0 Å². The number of methoxy groups -OCH3 is 1. The second-order valence-corrected chi connectivity index (χ2v) is 4.31. The Morgan fingerprint density at radius 2 is 2.29 bits per heavy atom. The molecule has 0 amide bonds. The Morgan fingerprint density at radius 3 is 2.86 bits per heavy atom. The van der Waals surface area contributed by atoms with Crippen molar-refractivity contribution in [1.29, 1.82) is 0 Å². The molecule has 1 fully saturated rings. The van der Waals surface area contributed by atoms with E-state index in [0.29, 0.717) is 23.3 Å². The van der Waals surface area contributed by atoms with Crippen LogP contribution in [-0.4, -0.2) is 23.1 Å². The second kappa shape index (κ2) is 3.12. The molecule has 0 radical (unpaired) electrons. The monoisotopic (exact) mass is 193 g/mol. The van der Waals surface area contributed by atoms with E-state index in [-0.39, 0.29) is 0 Å². The van der Waals surface area contributed by atoms with Crippen LogP contribution >= 0.6 is 0 Å². The lowest BCUT2D eigenvalue weighted by molar-refractivity contribution is 0.397. The average molecular weight is 193 g/mol. The smallest absolute Gasteiger partial charge is 0.226 e. The molecule has 1 heterocycles. The van der Waals surface area contributed by atoms with Crippen molar-refractivity contribution in [3.05, 3.63) is 12.3 Å². The number of nitrogens with zero attached hydrogens (tertiary/aromatic N) is 2. The van der Waals surface area contributed by atoms with Gasteiger partial charge in [-0.05, 0) is 11.8 Å². The number of rotatable bonds is 3. The van der Waals surface area contributed by atoms with Crippen molar-refractivity contribution >= 4 is 5.95 Å². The zero-order valence-corrected chi connectivity index (χ0v) is 8.74. The lowest BCUT2D eigenvalue weighted by Crippen LogP contribution is -2.11. The Morgan fingerprint density at radius 1 is 1.57 bits per heavy atom. The fourth-order valence-electron chi connectivity index (χ4n) is 1.39. The van der Waals surface area contributed by atoms with Gasteiger partial charge in [-0.15, -0.1) is 0 Å². The van der Waals surface area contributed by atoms with Crippen LogP contribution in [0.15, 0.2) is 12.3 Å². The lowest BCUT2D eigenvalue weighted by Gasteiger charge is -2.06. The van der Waals surface area contributed by atoms with Gasteiger partial charge in [0.1, 0.15) is 0 Å². The van der Waals surface area contributed by atoms with Gasteiger partial charge in [0.2, 0.25) is 11.8 Å². The predicted octanol–water partition coefficient (Wildman–Crippen LogP) is 1.70. The number of anilines is 1. The van der Waals surface area contributed by atoms with E-state index in [0.717, 1.165) is 0 Å². The highest BCUT2D eigenvalue weighted by molar-refractivity contribution is 5.32. The van der Waals surface area contributed by atoms with Crippen LogP contribution in [0.4, 0.5) is 5.95 Å². The Kier molecular flexibility index (Phi) is 2.06. The van der Waals surface area contributed by atoms with Crippen molar-refractivity contribution in [2.75, 3.05) is 12.4 Å². The summed E-state index contributed by atoms with van der Waals surface area (Å²) in [5.41, 5.74) is 0.381. The Hall–Kier alpha value is -1.32. The zero-order chi connectivity index (χ0) is 10.2. The summed E-state index contributed by atoms with van der Waals surface area (Å²) in [5, 5.41) is 3.28. The fraction of sp³-hybridized carbons (Fsp3) is 0.600. The summed E-state index contributed by atoms with van der Waals surface area (Å²) < 4.78 is 5.02. The lowest BCUT2D eigenvalue weighted by atomic mass is 10.2. The molecule has 0 aromatic carbocycles. The largest absolute Gasteiger partial charge is 0.481 e. The molecule has 0 spiro atoms. The van der Waals surface area contributed by atoms with Crippen molar-refractivity contribution in [2.24, 2.45) is 5.41 Å². The maximum absolute atomic E-state index is 5.02. The standard InChI is InChI=1S/C10H15N3O/c1-10(2)6-7(10)12-9-11-5-4-8(13-9)14-3/h4-5,7H,6H2,1-3H3,(H,11,12,13). The van der Waals surface area contributed by atoms with Gasteiger partial charge in [-0.1, -0.05) is 13.8 Å². The van der Waals surface area contributed by atoms with Crippen molar-refractivity contribution < 1.29 is 4.74 Å². The van der Waals surface area contributed by atoms with Crippen molar-refractivity contribution in [3.8, 4) is 5.88 Å². The van der Waals surface area contributed by atoms with Crippen LogP contribution in [0.2, 0.25) is 0 Å². The van der Waals surface area contributed by atoms with E-state index in [1.165, 1.54) is 6.42 Å². The van der Waals surface area contributed by atoms with E-state index in [1.54, 1.807) is 19.4 Å². The number of hydrogen-bond donors (Lipinski definition) is 1. The third-order valence-electron chi connectivity index (χ3n) is 2.66. The summed E-state index contributed by atoms with van der Waals surface area (Å²) in [5.74, 6) is 1.25. The van der Waals surface area contributed by atoms with Gasteiger partial charge >= 0.3 is 0 Å². The molecule has 1 atom stereocenters. The van der Waals surface area contributed by atoms with E-state index in [1.807, 2.05) is 0 Å². The van der Waals surface area contributed by atoms with E-state index in [9.17, 15) is 0 Å². The summed E-state index contributed by atoms with van der Waals surface area (Å²) >= 11 is 0. The molecule has 4 heteroatoms. The molecule has 4 nitrogen and oxygen atoms in total. The van der Waals surface area contributed by atoms with Gasteiger partial charge in [-0.25, -0.2) is 4.98 Å². The summed E-state index contributed by atoms with van der Waals surface area (Å²) in [6, 6.07) is 2.23. The van der Waals surface area contributed by atoms with E-state index in [4.69, 9.17) is 4.74 Å². The van der Waals surface area contributed by atoms with Crippen LogP contribution in [0.25, 0.3) is 0 Å². The van der Waals surface area contributed by atoms with E-state index < -0.39 is 0 Å². The van der Waals surface area contributed by atoms with E-state index >= 15 is 0 Å². The molecule has 0 aliphatic heterocycles. The summed E-state index contributed by atoms with van der Waals surface area (Å²) in [4.78, 5) is 8.32. The molecule has 1 aliphatic carbocycles. The molecule has 1 aromatic rings. The molecule has 0 bridgehead atoms. The van der Waals surface area contributed by atoms with Crippen molar-refractivity contribution in [2.45, 2.75) is 26.3 Å². The molecule has 0 saturated heterocycles. The van der Waals surface area contributed by atoms with Crippen LogP contribution in [0.3, 0.4) is 0 Å². The predicted molar refractivity (Wildman–Crippen MR) is 54.4 cm³/mol. The maximum atomic E-state index is 5.02. The molecule has 76 valence electrons. The molecular formula is C10H15N3O. The second-order valence-electron chi connectivity index (χ2n) is 4.31. The van der Waals surface area contributed by atoms with Crippen LogP contribution in [-0.2, 0) is 0 Å². The van der Waals surface area contributed by atoms with Crippen LogP contribution in [0.1, 0.15) is 20.3 Å². The molecule has 1 aromatic heterocycles. The third kappa shape index (κ3) is 1.78. The van der Waals surface area contributed by atoms with Gasteiger partial charge in [0.05, 0.1) is 7.11 Å². The molecule has 1 aliphatic rings. The van der Waals surface area contributed by atoms with Gasteiger partial charge in [-0.2, -0.15) is 4.98 Å². The summed E-state index contributed by atoms with van der Waals surface area (Å²) in [6.07, 6.45) is 2.87. The Bertz CT molecular complexity index is 338. The highest BCUT2D eigenvalue weighted by Crippen LogP contribution is 2.46. The zero-order valence-electron chi connectivity index (χ0n) is 8.74. The van der Waals surface area contributed by atoms with Gasteiger partial charge < -0.3 is 10.1 Å². The summed E-state index contributed by atoms with van der Waals surface area (Å²) in [7, 11) is 1.60. The first-order chi connectivity index (χ1) is 6.62. The van der Waals surface area contributed by atoms with Crippen molar-refractivity contribution in [3.63, 3.8) is 0 Å². The van der Waals surface area contributed by atoms with Crippen LogP contribution in [0.5, 0.6) is 5.88 Å². The summed E-state index contributed by atoms with van der Waals surface area (Å²) in [6.45, 7) is 4.45. The number of ether oxygens (including phenoxy) is 1. The molecule has 2 rings (SSSR count). The normalized spacial score (nSPS) is 22.9. The minimum absolute atomic E-state index is 0.381. The highest BCUT2D eigenvalue weighted by Gasteiger charge is 2.46. The first-order valence-corrected chi connectivity index (χ1v) is 4.75. The first-order valence-electron chi connectivity index (χ1n) is 4.75. The van der Waals surface area contributed by atoms with Crippen molar-refractivity contribution in [1.82, 2.24) is 9.97 Å². The average Bonchev–Trinajstić information content (AvgIpc) is 2.74. The molecule has 1 saturated carbocycles. The quantitative estimate of drug-likeness (QED) is 0.793. The minimum Gasteiger partial charge on any atom is -0.481 e. The van der Waals surface area contributed by atoms with Gasteiger partial charge in [0, 0.05) is 18.3 Å². The third-order valence-corrected chi connectivity index (χ3v) is 2.66. The Labute approximate surface area is 83.7 Å². The first kappa shape index (κ1) is 9.24. The van der Waals surface area contributed by atoms with Gasteiger partial charge in [0.15, 0.2) is 0 Å². The Balaban J connectivity index is 2.03. The van der Waals surface area contributed by atoms with Crippen LogP contribution < -0.4 is 10.1 Å². The van der Waals surface area contributed by atoms with E-state index in [2.05, 4.69) is 29.1 Å². The SMILES string of the molecule is COc1ccnc(NC2CC2(C)C)n1. The fourth-order valence-corrected chi connectivity index (χ4v) is 1.39. The topological polar surface area (TPSA) is 47.0 Å². The molecule has 1 unspecified atom stereocenters. The number of aromatic nitrogens is 2. The molecule has 1 N–H and O–H groups in total. The number of nitrogens with one attached hydrogen (secondary N) is 1. The maximum Gasteiger partial charge on any atom is 0.226 e.